The Morgan fingerprint density at radius 2 is 2.06 bits per heavy atom. The quantitative estimate of drug-likeness (QED) is 0.878. The second-order valence-electron chi connectivity index (χ2n) is 3.87. The summed E-state index contributed by atoms with van der Waals surface area (Å²) in [5.41, 5.74) is 8.58. The van der Waals surface area contributed by atoms with E-state index >= 15 is 0 Å². The SMILES string of the molecule is Cc1ccsc1C(N)Cc1ccccc1Cl. The Balaban J connectivity index is 2.17. The number of nitrogens with two attached hydrogens (primary N) is 1. The van der Waals surface area contributed by atoms with E-state index in [-0.39, 0.29) is 6.04 Å². The molecule has 2 rings (SSSR count). The third kappa shape index (κ3) is 2.46. The van der Waals surface area contributed by atoms with Crippen molar-refractivity contribution in [2.75, 3.05) is 0 Å². The van der Waals surface area contributed by atoms with Crippen molar-refractivity contribution in [1.82, 2.24) is 0 Å². The van der Waals surface area contributed by atoms with Gasteiger partial charge in [0.05, 0.1) is 0 Å². The van der Waals surface area contributed by atoms with Crippen LogP contribution in [0.1, 0.15) is 22.0 Å². The highest BCUT2D eigenvalue weighted by molar-refractivity contribution is 7.10. The molecule has 1 nitrogen and oxygen atoms in total. The Morgan fingerprint density at radius 1 is 1.31 bits per heavy atom. The summed E-state index contributed by atoms with van der Waals surface area (Å²) in [6.07, 6.45) is 0.793. The first-order chi connectivity index (χ1) is 7.68. The summed E-state index contributed by atoms with van der Waals surface area (Å²) in [6.45, 7) is 2.10. The third-order valence-corrected chi connectivity index (χ3v) is 4.16. The van der Waals surface area contributed by atoms with Gasteiger partial charge in [0, 0.05) is 15.9 Å². The van der Waals surface area contributed by atoms with Crippen LogP contribution >= 0.6 is 22.9 Å². The van der Waals surface area contributed by atoms with E-state index in [1.165, 1.54) is 10.4 Å². The third-order valence-electron chi connectivity index (χ3n) is 2.64. The van der Waals surface area contributed by atoms with Crippen molar-refractivity contribution in [3.05, 3.63) is 56.7 Å². The normalized spacial score (nSPS) is 12.7. The van der Waals surface area contributed by atoms with Crippen molar-refractivity contribution < 1.29 is 0 Å². The standard InChI is InChI=1S/C13H14ClNS/c1-9-6-7-16-13(9)12(15)8-10-4-2-3-5-11(10)14/h2-7,12H,8,15H2,1H3. The molecule has 1 atom stereocenters. The van der Waals surface area contributed by atoms with Crippen molar-refractivity contribution in [2.24, 2.45) is 5.73 Å². The fourth-order valence-electron chi connectivity index (χ4n) is 1.76. The molecule has 0 amide bonds. The van der Waals surface area contributed by atoms with Gasteiger partial charge < -0.3 is 5.73 Å². The van der Waals surface area contributed by atoms with Gasteiger partial charge in [-0.2, -0.15) is 0 Å². The number of aryl methyl sites for hydroxylation is 1. The first-order valence-electron chi connectivity index (χ1n) is 5.21. The van der Waals surface area contributed by atoms with Crippen molar-refractivity contribution >= 4 is 22.9 Å². The summed E-state index contributed by atoms with van der Waals surface area (Å²) in [6, 6.07) is 10.0. The van der Waals surface area contributed by atoms with Gasteiger partial charge in [0.2, 0.25) is 0 Å². The summed E-state index contributed by atoms with van der Waals surface area (Å²) < 4.78 is 0. The molecule has 0 saturated carbocycles. The second kappa shape index (κ2) is 5.00. The molecule has 0 radical (unpaired) electrons. The Bertz CT molecular complexity index is 478. The maximum Gasteiger partial charge on any atom is 0.0438 e. The Morgan fingerprint density at radius 3 is 2.69 bits per heavy atom. The minimum atomic E-state index is 0.0416. The van der Waals surface area contributed by atoms with E-state index in [4.69, 9.17) is 17.3 Å². The van der Waals surface area contributed by atoms with Gasteiger partial charge in [0.15, 0.2) is 0 Å². The van der Waals surface area contributed by atoms with E-state index in [2.05, 4.69) is 18.4 Å². The van der Waals surface area contributed by atoms with Crippen molar-refractivity contribution in [3.8, 4) is 0 Å². The van der Waals surface area contributed by atoms with Crippen molar-refractivity contribution in [1.29, 1.82) is 0 Å². The van der Waals surface area contributed by atoms with E-state index in [1.807, 2.05) is 24.3 Å². The fourth-order valence-corrected chi connectivity index (χ4v) is 2.90. The molecule has 1 unspecified atom stereocenters. The van der Waals surface area contributed by atoms with Gasteiger partial charge in [-0.25, -0.2) is 0 Å². The Kier molecular flexibility index (Phi) is 3.64. The molecule has 0 fully saturated rings. The highest BCUT2D eigenvalue weighted by atomic mass is 35.5. The maximum absolute atomic E-state index is 6.19. The summed E-state index contributed by atoms with van der Waals surface area (Å²) in [7, 11) is 0. The highest BCUT2D eigenvalue weighted by Crippen LogP contribution is 2.27. The number of benzene rings is 1. The Labute approximate surface area is 105 Å². The zero-order valence-electron chi connectivity index (χ0n) is 9.11. The second-order valence-corrected chi connectivity index (χ2v) is 5.22. The lowest BCUT2D eigenvalue weighted by Crippen LogP contribution is -2.13. The van der Waals surface area contributed by atoms with Gasteiger partial charge >= 0.3 is 0 Å². The molecule has 3 heteroatoms. The van der Waals surface area contributed by atoms with Gasteiger partial charge in [0.25, 0.3) is 0 Å². The molecule has 84 valence electrons. The highest BCUT2D eigenvalue weighted by Gasteiger charge is 2.12. The molecule has 1 heterocycles. The van der Waals surface area contributed by atoms with Crippen LogP contribution in [0.2, 0.25) is 5.02 Å². The van der Waals surface area contributed by atoms with Gasteiger partial charge in [-0.1, -0.05) is 29.8 Å². The van der Waals surface area contributed by atoms with Crippen LogP contribution in [0, 0.1) is 6.92 Å². The minimum absolute atomic E-state index is 0.0416. The fraction of sp³-hybridized carbons (Fsp3) is 0.231. The minimum Gasteiger partial charge on any atom is -0.323 e. The van der Waals surface area contributed by atoms with Gasteiger partial charge in [-0.05, 0) is 42.0 Å². The largest absolute Gasteiger partial charge is 0.323 e. The summed E-state index contributed by atoms with van der Waals surface area (Å²) in [4.78, 5) is 1.25. The predicted octanol–water partition coefficient (Wildman–Crippen LogP) is 3.95. The van der Waals surface area contributed by atoms with E-state index in [0.717, 1.165) is 17.0 Å². The summed E-state index contributed by atoms with van der Waals surface area (Å²) in [5, 5.41) is 2.88. The molecule has 0 aliphatic carbocycles. The smallest absolute Gasteiger partial charge is 0.0438 e. The van der Waals surface area contributed by atoms with Crippen LogP contribution in [0.25, 0.3) is 0 Å². The van der Waals surface area contributed by atoms with E-state index in [0.29, 0.717) is 0 Å². The summed E-state index contributed by atoms with van der Waals surface area (Å²) in [5.74, 6) is 0. The van der Waals surface area contributed by atoms with Crippen LogP contribution in [0.3, 0.4) is 0 Å². The number of halogens is 1. The molecule has 0 aliphatic rings. The molecule has 1 aromatic carbocycles. The molecule has 0 bridgehead atoms. The maximum atomic E-state index is 6.19. The van der Waals surface area contributed by atoms with Gasteiger partial charge in [-0.3, -0.25) is 0 Å². The van der Waals surface area contributed by atoms with Gasteiger partial charge in [0.1, 0.15) is 0 Å². The topological polar surface area (TPSA) is 26.0 Å². The number of thiophene rings is 1. The average molecular weight is 252 g/mol. The lowest BCUT2D eigenvalue weighted by Gasteiger charge is -2.12. The molecule has 2 N–H and O–H groups in total. The van der Waals surface area contributed by atoms with E-state index < -0.39 is 0 Å². The monoisotopic (exact) mass is 251 g/mol. The molecule has 0 aliphatic heterocycles. The number of hydrogen-bond donors (Lipinski definition) is 1. The molecule has 16 heavy (non-hydrogen) atoms. The predicted molar refractivity (Wildman–Crippen MR) is 71.1 cm³/mol. The molecule has 0 spiro atoms. The van der Waals surface area contributed by atoms with Crippen LogP contribution in [0.4, 0.5) is 0 Å². The average Bonchev–Trinajstić information content (AvgIpc) is 2.68. The van der Waals surface area contributed by atoms with Crippen LogP contribution in [-0.4, -0.2) is 0 Å². The van der Waals surface area contributed by atoms with Crippen LogP contribution in [0.5, 0.6) is 0 Å². The Hall–Kier alpha value is -0.830. The van der Waals surface area contributed by atoms with Crippen molar-refractivity contribution in [2.45, 2.75) is 19.4 Å². The molecule has 0 saturated heterocycles. The zero-order valence-corrected chi connectivity index (χ0v) is 10.7. The van der Waals surface area contributed by atoms with Crippen LogP contribution in [0.15, 0.2) is 35.7 Å². The van der Waals surface area contributed by atoms with Crippen LogP contribution < -0.4 is 5.73 Å². The zero-order chi connectivity index (χ0) is 11.5. The van der Waals surface area contributed by atoms with Gasteiger partial charge in [-0.15, -0.1) is 11.3 Å². The lowest BCUT2D eigenvalue weighted by molar-refractivity contribution is 0.732. The molecule has 1 aromatic heterocycles. The molecular weight excluding hydrogens is 238 g/mol. The molecule has 2 aromatic rings. The number of rotatable bonds is 3. The summed E-state index contributed by atoms with van der Waals surface area (Å²) >= 11 is 7.83. The van der Waals surface area contributed by atoms with Crippen molar-refractivity contribution in [3.63, 3.8) is 0 Å². The van der Waals surface area contributed by atoms with Crippen LogP contribution in [-0.2, 0) is 6.42 Å². The lowest BCUT2D eigenvalue weighted by atomic mass is 10.0. The first-order valence-corrected chi connectivity index (χ1v) is 6.47. The molecular formula is C13H14ClNS. The van der Waals surface area contributed by atoms with E-state index in [9.17, 15) is 0 Å². The number of hydrogen-bond acceptors (Lipinski definition) is 2. The first kappa shape index (κ1) is 11.6. The van der Waals surface area contributed by atoms with E-state index in [1.54, 1.807) is 11.3 Å².